The second kappa shape index (κ2) is 9.04. The molecule has 0 amide bonds. The van der Waals surface area contributed by atoms with E-state index in [1.165, 1.54) is 16.0 Å². The summed E-state index contributed by atoms with van der Waals surface area (Å²) in [7, 11) is 6.02. The second-order valence-electron chi connectivity index (χ2n) is 7.41. The van der Waals surface area contributed by atoms with E-state index in [1.54, 1.807) is 13.2 Å². The fourth-order valence-electron chi connectivity index (χ4n) is 3.63. The van der Waals surface area contributed by atoms with E-state index in [0.717, 1.165) is 36.2 Å². The van der Waals surface area contributed by atoms with Gasteiger partial charge in [-0.25, -0.2) is 4.79 Å². The van der Waals surface area contributed by atoms with Crippen LogP contribution in [-0.4, -0.2) is 27.7 Å². The molecule has 0 spiro atoms. The first-order chi connectivity index (χ1) is 13.5. The summed E-state index contributed by atoms with van der Waals surface area (Å²) in [6, 6.07) is 16.3. The lowest BCUT2D eigenvalue weighted by atomic mass is 10.0. The Bertz CT molecular complexity index is 995. The van der Waals surface area contributed by atoms with Crippen molar-refractivity contribution in [3.8, 4) is 5.75 Å². The summed E-state index contributed by atoms with van der Waals surface area (Å²) in [5, 5.41) is 3.28. The van der Waals surface area contributed by atoms with Gasteiger partial charge in [0.15, 0.2) is 6.04 Å². The molecule has 2 aromatic carbocycles. The maximum absolute atomic E-state index is 12.0. The molecule has 1 heterocycles. The third-order valence-electron chi connectivity index (χ3n) is 5.26. The van der Waals surface area contributed by atoms with Crippen LogP contribution < -0.4 is 20.6 Å². The monoisotopic (exact) mass is 382 g/mol. The van der Waals surface area contributed by atoms with E-state index in [9.17, 15) is 4.79 Å². The number of quaternary nitrogens is 2. The molecule has 1 atom stereocenters. The molecule has 0 aliphatic carbocycles. The lowest BCUT2D eigenvalue weighted by Gasteiger charge is -2.21. The molecule has 0 saturated carbocycles. The van der Waals surface area contributed by atoms with Crippen molar-refractivity contribution < 1.29 is 19.4 Å². The van der Waals surface area contributed by atoms with Crippen LogP contribution in [0.25, 0.3) is 11.0 Å². The number of ether oxygens (including phenoxy) is 1. The van der Waals surface area contributed by atoms with Gasteiger partial charge in [0.25, 0.3) is 0 Å². The van der Waals surface area contributed by atoms with Crippen molar-refractivity contribution in [3.05, 3.63) is 75.6 Å². The number of methoxy groups -OCH3 is 1. The molecule has 0 radical (unpaired) electrons. The normalized spacial score (nSPS) is 12.5. The molecule has 148 valence electrons. The molecule has 3 aromatic rings. The van der Waals surface area contributed by atoms with Crippen molar-refractivity contribution >= 4 is 11.0 Å². The van der Waals surface area contributed by atoms with E-state index >= 15 is 0 Å². The number of fused-ring (bicyclic) bond motifs is 1. The number of rotatable bonds is 8. The highest BCUT2D eigenvalue weighted by Gasteiger charge is 2.20. The van der Waals surface area contributed by atoms with Gasteiger partial charge < -0.3 is 19.4 Å². The number of nitrogens with two attached hydrogens (primary N) is 1. The van der Waals surface area contributed by atoms with Gasteiger partial charge in [-0.15, -0.1) is 0 Å². The summed E-state index contributed by atoms with van der Waals surface area (Å²) < 4.78 is 10.8. The van der Waals surface area contributed by atoms with Gasteiger partial charge in [0, 0.05) is 22.6 Å². The summed E-state index contributed by atoms with van der Waals surface area (Å²) in [5.74, 6) is 0.877. The van der Waals surface area contributed by atoms with Crippen LogP contribution in [0.1, 0.15) is 29.7 Å². The largest absolute Gasteiger partial charge is 0.497 e. The predicted molar refractivity (Wildman–Crippen MR) is 111 cm³/mol. The van der Waals surface area contributed by atoms with Gasteiger partial charge in [0.2, 0.25) is 0 Å². The smallest absolute Gasteiger partial charge is 0.336 e. The maximum atomic E-state index is 12.0. The maximum Gasteiger partial charge on any atom is 0.336 e. The van der Waals surface area contributed by atoms with Crippen LogP contribution in [0.4, 0.5) is 0 Å². The summed E-state index contributed by atoms with van der Waals surface area (Å²) in [4.78, 5) is 13.4. The van der Waals surface area contributed by atoms with Crippen LogP contribution in [0, 0.1) is 0 Å². The first kappa shape index (κ1) is 20.1. The van der Waals surface area contributed by atoms with E-state index in [4.69, 9.17) is 9.15 Å². The molecule has 0 unspecified atom stereocenters. The minimum Gasteiger partial charge on any atom is -0.497 e. The molecular weight excluding hydrogens is 352 g/mol. The van der Waals surface area contributed by atoms with E-state index in [2.05, 4.69) is 50.6 Å². The Labute approximate surface area is 165 Å². The summed E-state index contributed by atoms with van der Waals surface area (Å²) in [5.41, 5.74) is 3.84. The molecule has 5 heteroatoms. The highest BCUT2D eigenvalue weighted by Crippen LogP contribution is 2.19. The van der Waals surface area contributed by atoms with Crippen molar-refractivity contribution in [1.29, 1.82) is 0 Å². The number of hydrogen-bond donors (Lipinski definition) is 2. The Morgan fingerprint density at radius 3 is 2.68 bits per heavy atom. The van der Waals surface area contributed by atoms with E-state index < -0.39 is 0 Å². The lowest BCUT2D eigenvalue weighted by Crippen LogP contribution is -3.09. The molecule has 28 heavy (non-hydrogen) atoms. The molecule has 0 aliphatic rings. The Morgan fingerprint density at radius 1 is 1.14 bits per heavy atom. The molecule has 0 fully saturated rings. The Hall–Kier alpha value is -2.63. The number of benzene rings is 2. The quantitative estimate of drug-likeness (QED) is 0.578. The lowest BCUT2D eigenvalue weighted by molar-refractivity contribution is -0.910. The van der Waals surface area contributed by atoms with E-state index in [1.807, 2.05) is 18.2 Å². The van der Waals surface area contributed by atoms with Crippen molar-refractivity contribution in [1.82, 2.24) is 0 Å². The average molecular weight is 383 g/mol. The minimum absolute atomic E-state index is 0.285. The zero-order chi connectivity index (χ0) is 20.1. The van der Waals surface area contributed by atoms with Crippen LogP contribution >= 0.6 is 0 Å². The molecule has 5 nitrogen and oxygen atoms in total. The molecule has 3 rings (SSSR count). The van der Waals surface area contributed by atoms with Gasteiger partial charge in [0.1, 0.15) is 24.4 Å². The highest BCUT2D eigenvalue weighted by atomic mass is 16.5. The highest BCUT2D eigenvalue weighted by molar-refractivity contribution is 5.80. The SMILES string of the molecule is CCc1ccc2c(C[NH2+]C[C@H](c3cccc(OC)c3)[NH+](C)C)cc(=O)oc2c1. The third-order valence-corrected chi connectivity index (χ3v) is 5.26. The number of hydrogen-bond acceptors (Lipinski definition) is 3. The van der Waals surface area contributed by atoms with Crippen molar-refractivity contribution in [2.75, 3.05) is 27.7 Å². The fourth-order valence-corrected chi connectivity index (χ4v) is 3.63. The molecule has 1 aromatic heterocycles. The summed E-state index contributed by atoms with van der Waals surface area (Å²) >= 11 is 0. The number of likely N-dealkylation sites (N-methyl/N-ethyl adjacent to an activating group) is 1. The van der Waals surface area contributed by atoms with E-state index in [-0.39, 0.29) is 5.63 Å². The van der Waals surface area contributed by atoms with Gasteiger partial charge >= 0.3 is 5.63 Å². The average Bonchev–Trinajstić information content (AvgIpc) is 2.70. The van der Waals surface area contributed by atoms with Gasteiger partial charge in [-0.3, -0.25) is 0 Å². The van der Waals surface area contributed by atoms with Crippen molar-refractivity contribution in [3.63, 3.8) is 0 Å². The second-order valence-corrected chi connectivity index (χ2v) is 7.41. The van der Waals surface area contributed by atoms with Gasteiger partial charge in [-0.05, 0) is 30.2 Å². The third kappa shape index (κ3) is 4.61. The summed E-state index contributed by atoms with van der Waals surface area (Å²) in [6.07, 6.45) is 0.920. The minimum atomic E-state index is -0.285. The Kier molecular flexibility index (Phi) is 6.49. The van der Waals surface area contributed by atoms with Gasteiger partial charge in [-0.2, -0.15) is 0 Å². The van der Waals surface area contributed by atoms with Crippen LogP contribution in [0.2, 0.25) is 0 Å². The molecule has 0 bridgehead atoms. The number of aryl methyl sites for hydroxylation is 1. The molecule has 0 saturated heterocycles. The van der Waals surface area contributed by atoms with Crippen molar-refractivity contribution in [2.45, 2.75) is 25.9 Å². The van der Waals surface area contributed by atoms with Crippen molar-refractivity contribution in [2.24, 2.45) is 0 Å². The van der Waals surface area contributed by atoms with Crippen LogP contribution in [-0.2, 0) is 13.0 Å². The molecular formula is C23H30N2O3+2. The van der Waals surface area contributed by atoms with Crippen LogP contribution in [0.3, 0.4) is 0 Å². The Morgan fingerprint density at radius 2 is 1.96 bits per heavy atom. The topological polar surface area (TPSA) is 60.5 Å². The summed E-state index contributed by atoms with van der Waals surface area (Å²) in [6.45, 7) is 3.74. The van der Waals surface area contributed by atoms with Gasteiger partial charge in [-0.1, -0.05) is 31.2 Å². The Balaban J connectivity index is 1.78. The molecule has 0 aliphatic heterocycles. The first-order valence-electron chi connectivity index (χ1n) is 9.83. The van der Waals surface area contributed by atoms with Crippen LogP contribution in [0.15, 0.2) is 57.7 Å². The zero-order valence-corrected chi connectivity index (χ0v) is 17.1. The predicted octanol–water partition coefficient (Wildman–Crippen LogP) is 1.31. The molecule has 3 N–H and O–H groups in total. The fraction of sp³-hybridized carbons (Fsp3) is 0.348. The van der Waals surface area contributed by atoms with Crippen LogP contribution in [0.5, 0.6) is 5.75 Å². The first-order valence-corrected chi connectivity index (χ1v) is 9.83. The number of nitrogens with one attached hydrogen (secondary N) is 1. The standard InChI is InChI=1S/C23H28N2O3/c1-5-16-9-10-20-18(13-23(26)28-22(20)11-16)14-24-15-21(25(2)3)17-7-6-8-19(12-17)27-4/h6-13,21,24H,5,14-15H2,1-4H3/p+2/t21-/m1/s1. The van der Waals surface area contributed by atoms with E-state index in [0.29, 0.717) is 11.6 Å². The zero-order valence-electron chi connectivity index (χ0n) is 17.1. The van der Waals surface area contributed by atoms with Gasteiger partial charge in [0.05, 0.1) is 21.2 Å².